The van der Waals surface area contributed by atoms with Crippen LogP contribution in [0, 0.1) is 11.3 Å². The van der Waals surface area contributed by atoms with Gasteiger partial charge in [-0.2, -0.15) is 0 Å². The second kappa shape index (κ2) is 5.78. The maximum atomic E-state index is 11.9. The highest BCUT2D eigenvalue weighted by atomic mass is 16.5. The molecule has 1 atom stereocenters. The minimum absolute atomic E-state index is 0.0745. The normalized spacial score (nSPS) is 16.2. The van der Waals surface area contributed by atoms with Crippen molar-refractivity contribution in [2.24, 2.45) is 17.1 Å². The molecule has 1 unspecified atom stereocenters. The fraction of sp³-hybridized carbons (Fsp3) is 0.923. The van der Waals surface area contributed by atoms with Gasteiger partial charge in [0.05, 0.1) is 0 Å². The molecule has 16 heavy (non-hydrogen) atoms. The van der Waals surface area contributed by atoms with Gasteiger partial charge >= 0.3 is 0 Å². The largest absolute Gasteiger partial charge is 0.361 e. The minimum Gasteiger partial charge on any atom is -0.361 e. The maximum Gasteiger partial charge on any atom is 0.141 e. The Labute approximate surface area is 99.7 Å². The number of carbonyl (C=O) groups excluding carboxylic acids is 1. The molecular formula is C13H27NO2. The summed E-state index contributed by atoms with van der Waals surface area (Å²) in [6.45, 7) is 12.2. The molecule has 0 aliphatic carbocycles. The Balaban J connectivity index is 4.15. The molecule has 2 N–H and O–H groups in total. The lowest BCUT2D eigenvalue weighted by molar-refractivity contribution is -0.132. The third-order valence-electron chi connectivity index (χ3n) is 3.05. The quantitative estimate of drug-likeness (QED) is 0.683. The average molecular weight is 229 g/mol. The molecule has 0 spiro atoms. The van der Waals surface area contributed by atoms with Crippen LogP contribution in [0.4, 0.5) is 0 Å². The van der Waals surface area contributed by atoms with Gasteiger partial charge in [0.25, 0.3) is 0 Å². The minimum atomic E-state index is -0.572. The van der Waals surface area contributed by atoms with Crippen molar-refractivity contribution in [2.75, 3.05) is 6.61 Å². The van der Waals surface area contributed by atoms with Gasteiger partial charge in [-0.15, -0.1) is 0 Å². The van der Waals surface area contributed by atoms with Crippen LogP contribution in [0.2, 0.25) is 0 Å². The molecule has 0 aromatic rings. The first kappa shape index (κ1) is 15.6. The summed E-state index contributed by atoms with van der Waals surface area (Å²) >= 11 is 0. The molecule has 3 heteroatoms. The van der Waals surface area contributed by atoms with E-state index in [2.05, 4.69) is 0 Å². The van der Waals surface area contributed by atoms with Crippen LogP contribution < -0.4 is 5.73 Å². The second-order valence-electron chi connectivity index (χ2n) is 5.67. The molecule has 0 aliphatic heterocycles. The van der Waals surface area contributed by atoms with E-state index in [0.717, 1.165) is 12.8 Å². The first-order chi connectivity index (χ1) is 7.12. The van der Waals surface area contributed by atoms with Crippen molar-refractivity contribution in [3.8, 4) is 0 Å². The number of rotatable bonds is 7. The fourth-order valence-corrected chi connectivity index (χ4v) is 1.55. The van der Waals surface area contributed by atoms with E-state index in [1.54, 1.807) is 0 Å². The summed E-state index contributed by atoms with van der Waals surface area (Å²) in [5.41, 5.74) is 4.98. The Bertz CT molecular complexity index is 232. The molecule has 0 saturated carbocycles. The van der Waals surface area contributed by atoms with Gasteiger partial charge in [-0.05, 0) is 19.8 Å². The van der Waals surface area contributed by atoms with Crippen LogP contribution in [0.1, 0.15) is 54.4 Å². The number of carbonyl (C=O) groups is 1. The van der Waals surface area contributed by atoms with Gasteiger partial charge in [-0.3, -0.25) is 4.79 Å². The highest BCUT2D eigenvalue weighted by molar-refractivity contribution is 5.85. The predicted molar refractivity (Wildman–Crippen MR) is 67.1 cm³/mol. The van der Waals surface area contributed by atoms with Crippen molar-refractivity contribution >= 4 is 5.78 Å². The molecule has 0 saturated heterocycles. The lowest BCUT2D eigenvalue weighted by Gasteiger charge is -2.28. The molecule has 96 valence electrons. The first-order valence-corrected chi connectivity index (χ1v) is 6.09. The average Bonchev–Trinajstić information content (AvgIpc) is 2.15. The zero-order chi connectivity index (χ0) is 13.0. The summed E-state index contributed by atoms with van der Waals surface area (Å²) in [5, 5.41) is 0. The molecule has 0 rings (SSSR count). The van der Waals surface area contributed by atoms with Crippen LogP contribution >= 0.6 is 0 Å². The first-order valence-electron chi connectivity index (χ1n) is 6.09. The zero-order valence-corrected chi connectivity index (χ0v) is 11.6. The number of ether oxygens (including phenoxy) is 1. The number of ketones is 1. The molecular weight excluding hydrogens is 202 g/mol. The number of Topliss-reactive ketones (excluding diaryl/α,β-unsaturated/α-hetero) is 1. The van der Waals surface area contributed by atoms with Gasteiger partial charge in [-0.25, -0.2) is 0 Å². The van der Waals surface area contributed by atoms with E-state index in [0.29, 0.717) is 6.61 Å². The zero-order valence-electron chi connectivity index (χ0n) is 11.6. The fourth-order valence-electron chi connectivity index (χ4n) is 1.55. The molecule has 0 aliphatic rings. The molecule has 0 fully saturated rings. The van der Waals surface area contributed by atoms with E-state index in [4.69, 9.17) is 10.5 Å². The molecule has 0 aromatic carbocycles. The monoisotopic (exact) mass is 229 g/mol. The standard InChI is InChI=1S/C13H27NO2/c1-7-13(6,14)16-9-8-12(4,5)11(15)10(2)3/h10H,7-9,14H2,1-6H3. The van der Waals surface area contributed by atoms with Crippen LogP contribution in [-0.2, 0) is 9.53 Å². The Hall–Kier alpha value is -0.410. The smallest absolute Gasteiger partial charge is 0.141 e. The lowest BCUT2D eigenvalue weighted by atomic mass is 9.80. The Morgan fingerprint density at radius 2 is 1.81 bits per heavy atom. The molecule has 0 aromatic heterocycles. The van der Waals surface area contributed by atoms with E-state index >= 15 is 0 Å². The molecule has 0 radical (unpaired) electrons. The summed E-state index contributed by atoms with van der Waals surface area (Å²) in [5.74, 6) is 0.358. The summed E-state index contributed by atoms with van der Waals surface area (Å²) in [4.78, 5) is 11.9. The Kier molecular flexibility index (Phi) is 5.63. The highest BCUT2D eigenvalue weighted by Crippen LogP contribution is 2.26. The maximum absolute atomic E-state index is 11.9. The van der Waals surface area contributed by atoms with Crippen molar-refractivity contribution in [3.05, 3.63) is 0 Å². The van der Waals surface area contributed by atoms with Crippen molar-refractivity contribution in [1.29, 1.82) is 0 Å². The van der Waals surface area contributed by atoms with Crippen LogP contribution in [-0.4, -0.2) is 18.1 Å². The summed E-state index contributed by atoms with van der Waals surface area (Å²) < 4.78 is 5.57. The molecule has 0 bridgehead atoms. The van der Waals surface area contributed by atoms with E-state index in [-0.39, 0.29) is 17.1 Å². The SMILES string of the molecule is CCC(C)(N)OCCC(C)(C)C(=O)C(C)C. The van der Waals surface area contributed by atoms with E-state index in [9.17, 15) is 4.79 Å². The number of hydrogen-bond acceptors (Lipinski definition) is 3. The second-order valence-corrected chi connectivity index (χ2v) is 5.67. The van der Waals surface area contributed by atoms with Crippen molar-refractivity contribution in [1.82, 2.24) is 0 Å². The number of hydrogen-bond donors (Lipinski definition) is 1. The van der Waals surface area contributed by atoms with Gasteiger partial charge < -0.3 is 10.5 Å². The van der Waals surface area contributed by atoms with Gasteiger partial charge in [0.15, 0.2) is 0 Å². The van der Waals surface area contributed by atoms with Crippen molar-refractivity contribution in [3.63, 3.8) is 0 Å². The molecule has 0 heterocycles. The van der Waals surface area contributed by atoms with Crippen molar-refractivity contribution in [2.45, 2.75) is 60.1 Å². The van der Waals surface area contributed by atoms with Gasteiger partial charge in [-0.1, -0.05) is 34.6 Å². The van der Waals surface area contributed by atoms with Crippen molar-refractivity contribution < 1.29 is 9.53 Å². The Morgan fingerprint density at radius 3 is 2.19 bits per heavy atom. The molecule has 3 nitrogen and oxygen atoms in total. The molecule has 0 amide bonds. The summed E-state index contributed by atoms with van der Waals surface area (Å²) in [6, 6.07) is 0. The Morgan fingerprint density at radius 1 is 1.31 bits per heavy atom. The number of nitrogens with two attached hydrogens (primary N) is 1. The summed E-state index contributed by atoms with van der Waals surface area (Å²) in [7, 11) is 0. The lowest BCUT2D eigenvalue weighted by Crippen LogP contribution is -2.40. The summed E-state index contributed by atoms with van der Waals surface area (Å²) in [6.07, 6.45) is 1.49. The van der Waals surface area contributed by atoms with Crippen LogP contribution in [0.25, 0.3) is 0 Å². The van der Waals surface area contributed by atoms with Crippen LogP contribution in [0.15, 0.2) is 0 Å². The van der Waals surface area contributed by atoms with Crippen LogP contribution in [0.3, 0.4) is 0 Å². The van der Waals surface area contributed by atoms with E-state index in [1.807, 2.05) is 41.5 Å². The third-order valence-corrected chi connectivity index (χ3v) is 3.05. The topological polar surface area (TPSA) is 52.3 Å². The van der Waals surface area contributed by atoms with Crippen LogP contribution in [0.5, 0.6) is 0 Å². The third kappa shape index (κ3) is 5.08. The van der Waals surface area contributed by atoms with E-state index in [1.165, 1.54) is 0 Å². The van der Waals surface area contributed by atoms with Gasteiger partial charge in [0, 0.05) is 17.9 Å². The van der Waals surface area contributed by atoms with Gasteiger partial charge in [0.2, 0.25) is 0 Å². The van der Waals surface area contributed by atoms with Gasteiger partial charge in [0.1, 0.15) is 11.5 Å². The predicted octanol–water partition coefficient (Wildman–Crippen LogP) is 2.73. The highest BCUT2D eigenvalue weighted by Gasteiger charge is 2.29. The van der Waals surface area contributed by atoms with E-state index < -0.39 is 5.72 Å².